The molecule has 0 fully saturated rings. The zero-order valence-corrected chi connectivity index (χ0v) is 13.2. The number of carbonyl (C=O) groups excluding carboxylic acids is 1. The molecule has 0 atom stereocenters. The third kappa shape index (κ3) is 4.30. The Hall–Kier alpha value is -2.40. The highest BCUT2D eigenvalue weighted by Crippen LogP contribution is 2.15. The predicted molar refractivity (Wildman–Crippen MR) is 92.3 cm³/mol. The number of anilines is 1. The van der Waals surface area contributed by atoms with Crippen molar-refractivity contribution >= 4 is 28.8 Å². The van der Waals surface area contributed by atoms with Crippen LogP contribution < -0.4 is 15.8 Å². The van der Waals surface area contributed by atoms with Gasteiger partial charge < -0.3 is 15.8 Å². The van der Waals surface area contributed by atoms with Crippen LogP contribution in [0.1, 0.15) is 18.1 Å². The third-order valence-corrected chi connectivity index (χ3v) is 3.39. The highest BCUT2D eigenvalue weighted by Gasteiger charge is 2.08. The first-order valence-corrected chi connectivity index (χ1v) is 7.41. The number of carbonyl (C=O) groups is 1. The first-order chi connectivity index (χ1) is 10.6. The van der Waals surface area contributed by atoms with Gasteiger partial charge >= 0.3 is 0 Å². The van der Waals surface area contributed by atoms with Crippen molar-refractivity contribution in [3.05, 3.63) is 59.7 Å². The van der Waals surface area contributed by atoms with Gasteiger partial charge in [0.1, 0.15) is 10.7 Å². The van der Waals surface area contributed by atoms with Crippen LogP contribution in [0.3, 0.4) is 0 Å². The van der Waals surface area contributed by atoms with E-state index in [4.69, 9.17) is 22.7 Å². The second kappa shape index (κ2) is 7.56. The first kappa shape index (κ1) is 16.0. The summed E-state index contributed by atoms with van der Waals surface area (Å²) in [6.07, 6.45) is 0.969. The Bertz CT molecular complexity index is 669. The summed E-state index contributed by atoms with van der Waals surface area (Å²) in [4.78, 5) is 12.2. The molecule has 0 saturated heterocycles. The molecule has 1 amide bonds. The van der Waals surface area contributed by atoms with Gasteiger partial charge in [-0.15, -0.1) is 0 Å². The Labute approximate surface area is 135 Å². The molecule has 4 nitrogen and oxygen atoms in total. The maximum atomic E-state index is 12.0. The largest absolute Gasteiger partial charge is 0.484 e. The summed E-state index contributed by atoms with van der Waals surface area (Å²) >= 11 is 4.96. The summed E-state index contributed by atoms with van der Waals surface area (Å²) in [5, 5.41) is 2.75. The maximum absolute atomic E-state index is 12.0. The van der Waals surface area contributed by atoms with Crippen LogP contribution in [0, 0.1) is 0 Å². The molecule has 0 saturated carbocycles. The van der Waals surface area contributed by atoms with Crippen LogP contribution >= 0.6 is 12.2 Å². The molecule has 22 heavy (non-hydrogen) atoms. The Kier molecular flexibility index (Phi) is 5.49. The number of ether oxygens (including phenoxy) is 1. The standard InChI is InChI=1S/C17H18N2O2S/c1-2-12-7-9-13(10-8-12)21-11-16(20)19-15-6-4-3-5-14(15)17(18)22/h3-10H,2,11H2,1H3,(H2,18,22)(H,19,20). The van der Waals surface area contributed by atoms with Crippen LogP contribution in [0.4, 0.5) is 5.69 Å². The van der Waals surface area contributed by atoms with Gasteiger partial charge in [-0.05, 0) is 36.2 Å². The average Bonchev–Trinajstić information content (AvgIpc) is 2.53. The molecule has 0 bridgehead atoms. The van der Waals surface area contributed by atoms with Gasteiger partial charge in [0, 0.05) is 5.56 Å². The second-order valence-electron chi connectivity index (χ2n) is 4.74. The highest BCUT2D eigenvalue weighted by molar-refractivity contribution is 7.80. The van der Waals surface area contributed by atoms with Crippen LogP contribution in [-0.2, 0) is 11.2 Å². The number of benzene rings is 2. The van der Waals surface area contributed by atoms with Gasteiger partial charge in [-0.3, -0.25) is 4.79 Å². The van der Waals surface area contributed by atoms with E-state index < -0.39 is 0 Å². The molecule has 2 aromatic rings. The summed E-state index contributed by atoms with van der Waals surface area (Å²) in [7, 11) is 0. The van der Waals surface area contributed by atoms with E-state index in [-0.39, 0.29) is 17.5 Å². The SMILES string of the molecule is CCc1ccc(OCC(=O)Nc2ccccc2C(N)=S)cc1. The topological polar surface area (TPSA) is 64.3 Å². The number of para-hydroxylation sites is 1. The predicted octanol–water partition coefficient (Wildman–Crippen LogP) is 2.90. The molecule has 0 heterocycles. The van der Waals surface area contributed by atoms with Crippen molar-refractivity contribution in [3.63, 3.8) is 0 Å². The van der Waals surface area contributed by atoms with E-state index in [9.17, 15) is 4.79 Å². The van der Waals surface area contributed by atoms with Crippen molar-refractivity contribution in [2.24, 2.45) is 5.73 Å². The minimum Gasteiger partial charge on any atom is -0.484 e. The van der Waals surface area contributed by atoms with Gasteiger partial charge in [0.05, 0.1) is 5.69 Å². The smallest absolute Gasteiger partial charge is 0.262 e. The molecule has 114 valence electrons. The van der Waals surface area contributed by atoms with Crippen molar-refractivity contribution in [3.8, 4) is 5.75 Å². The molecule has 0 spiro atoms. The molecule has 2 aromatic carbocycles. The number of hydrogen-bond donors (Lipinski definition) is 2. The number of hydrogen-bond acceptors (Lipinski definition) is 3. The minimum absolute atomic E-state index is 0.0723. The highest BCUT2D eigenvalue weighted by atomic mass is 32.1. The zero-order chi connectivity index (χ0) is 15.9. The molecular formula is C17H18N2O2S. The lowest BCUT2D eigenvalue weighted by Crippen LogP contribution is -2.22. The molecule has 0 aliphatic heterocycles. The van der Waals surface area contributed by atoms with Gasteiger partial charge in [-0.1, -0.05) is 43.4 Å². The summed E-state index contributed by atoms with van der Waals surface area (Å²) in [5.74, 6) is 0.401. The number of nitrogens with one attached hydrogen (secondary N) is 1. The molecule has 3 N–H and O–H groups in total. The van der Waals surface area contributed by atoms with Crippen molar-refractivity contribution in [2.45, 2.75) is 13.3 Å². The van der Waals surface area contributed by atoms with Gasteiger partial charge in [0.25, 0.3) is 5.91 Å². The van der Waals surface area contributed by atoms with Crippen LogP contribution in [0.5, 0.6) is 5.75 Å². The Morgan fingerprint density at radius 1 is 1.18 bits per heavy atom. The Morgan fingerprint density at radius 2 is 1.86 bits per heavy atom. The van der Waals surface area contributed by atoms with Gasteiger partial charge in [-0.2, -0.15) is 0 Å². The summed E-state index contributed by atoms with van der Waals surface area (Å²) < 4.78 is 5.46. The van der Waals surface area contributed by atoms with Crippen molar-refractivity contribution in [2.75, 3.05) is 11.9 Å². The Balaban J connectivity index is 1.94. The van der Waals surface area contributed by atoms with Crippen molar-refractivity contribution in [1.29, 1.82) is 0 Å². The monoisotopic (exact) mass is 314 g/mol. The number of aryl methyl sites for hydroxylation is 1. The van der Waals surface area contributed by atoms with Crippen LogP contribution in [-0.4, -0.2) is 17.5 Å². The Morgan fingerprint density at radius 3 is 2.50 bits per heavy atom. The number of thiocarbonyl (C=S) groups is 1. The van der Waals surface area contributed by atoms with E-state index in [0.29, 0.717) is 17.0 Å². The van der Waals surface area contributed by atoms with E-state index >= 15 is 0 Å². The van der Waals surface area contributed by atoms with E-state index in [2.05, 4.69) is 12.2 Å². The molecule has 5 heteroatoms. The molecule has 0 aliphatic rings. The van der Waals surface area contributed by atoms with Crippen molar-refractivity contribution < 1.29 is 9.53 Å². The molecule has 0 unspecified atom stereocenters. The fourth-order valence-electron chi connectivity index (χ4n) is 1.96. The lowest BCUT2D eigenvalue weighted by Gasteiger charge is -2.11. The number of nitrogens with two attached hydrogens (primary N) is 1. The van der Waals surface area contributed by atoms with Crippen LogP contribution in [0.15, 0.2) is 48.5 Å². The fourth-order valence-corrected chi connectivity index (χ4v) is 2.14. The molecule has 2 rings (SSSR count). The van der Waals surface area contributed by atoms with Gasteiger partial charge in [0.15, 0.2) is 6.61 Å². The first-order valence-electron chi connectivity index (χ1n) is 7.00. The lowest BCUT2D eigenvalue weighted by molar-refractivity contribution is -0.118. The van der Waals surface area contributed by atoms with E-state index in [1.165, 1.54) is 5.56 Å². The summed E-state index contributed by atoms with van der Waals surface area (Å²) in [6.45, 7) is 2.01. The van der Waals surface area contributed by atoms with E-state index in [0.717, 1.165) is 6.42 Å². The quantitative estimate of drug-likeness (QED) is 0.805. The number of rotatable bonds is 6. The fraction of sp³-hybridized carbons (Fsp3) is 0.176. The van der Waals surface area contributed by atoms with Crippen molar-refractivity contribution in [1.82, 2.24) is 0 Å². The summed E-state index contributed by atoms with van der Waals surface area (Å²) in [5.41, 5.74) is 8.08. The molecule has 0 aliphatic carbocycles. The summed E-state index contributed by atoms with van der Waals surface area (Å²) in [6, 6.07) is 14.8. The van der Waals surface area contributed by atoms with Gasteiger partial charge in [-0.25, -0.2) is 0 Å². The third-order valence-electron chi connectivity index (χ3n) is 3.17. The molecule has 0 aromatic heterocycles. The van der Waals surface area contributed by atoms with E-state index in [1.807, 2.05) is 36.4 Å². The van der Waals surface area contributed by atoms with Crippen LogP contribution in [0.25, 0.3) is 0 Å². The average molecular weight is 314 g/mol. The maximum Gasteiger partial charge on any atom is 0.262 e. The zero-order valence-electron chi connectivity index (χ0n) is 12.3. The van der Waals surface area contributed by atoms with Crippen LogP contribution in [0.2, 0.25) is 0 Å². The normalized spacial score (nSPS) is 10.0. The van der Waals surface area contributed by atoms with E-state index in [1.54, 1.807) is 12.1 Å². The minimum atomic E-state index is -0.261. The molecular weight excluding hydrogens is 296 g/mol. The number of amides is 1. The molecule has 0 radical (unpaired) electrons. The lowest BCUT2D eigenvalue weighted by atomic mass is 10.2. The van der Waals surface area contributed by atoms with Gasteiger partial charge in [0.2, 0.25) is 0 Å². The second-order valence-corrected chi connectivity index (χ2v) is 5.18.